The highest BCUT2D eigenvalue weighted by Gasteiger charge is 2.30. The fourth-order valence-corrected chi connectivity index (χ4v) is 1.38. The Morgan fingerprint density at radius 2 is 2.00 bits per heavy atom. The summed E-state index contributed by atoms with van der Waals surface area (Å²) < 4.78 is 37.1. The summed E-state index contributed by atoms with van der Waals surface area (Å²) in [6.45, 7) is 1.63. The Hall–Kier alpha value is -0.950. The van der Waals surface area contributed by atoms with Crippen LogP contribution < -0.4 is 0 Å². The SMILES string of the molecule is Cc1cc(C(F)(F)F)ccc1C#CCCBr. The predicted molar refractivity (Wildman–Crippen MR) is 61.5 cm³/mol. The van der Waals surface area contributed by atoms with Crippen LogP contribution in [0.1, 0.15) is 23.1 Å². The third kappa shape index (κ3) is 3.57. The van der Waals surface area contributed by atoms with Crippen LogP contribution in [0.15, 0.2) is 18.2 Å². The maximum atomic E-state index is 12.4. The average molecular weight is 291 g/mol. The van der Waals surface area contributed by atoms with Crippen LogP contribution in [-0.2, 0) is 6.18 Å². The highest BCUT2D eigenvalue weighted by molar-refractivity contribution is 9.09. The highest BCUT2D eigenvalue weighted by atomic mass is 79.9. The van der Waals surface area contributed by atoms with Crippen LogP contribution in [0.2, 0.25) is 0 Å². The van der Waals surface area contributed by atoms with Gasteiger partial charge in [-0.3, -0.25) is 0 Å². The molecule has 0 aliphatic heterocycles. The molecule has 0 amide bonds. The summed E-state index contributed by atoms with van der Waals surface area (Å²) in [5.74, 6) is 5.72. The van der Waals surface area contributed by atoms with Crippen LogP contribution in [0.3, 0.4) is 0 Å². The van der Waals surface area contributed by atoms with Gasteiger partial charge in [-0.25, -0.2) is 0 Å². The van der Waals surface area contributed by atoms with Gasteiger partial charge in [0.05, 0.1) is 5.56 Å². The Kier molecular flexibility index (Phi) is 4.43. The quantitative estimate of drug-likeness (QED) is 0.538. The first-order valence-corrected chi connectivity index (χ1v) is 5.80. The van der Waals surface area contributed by atoms with E-state index in [2.05, 4.69) is 27.8 Å². The van der Waals surface area contributed by atoms with Crippen LogP contribution in [0.4, 0.5) is 13.2 Å². The molecule has 0 unspecified atom stereocenters. The van der Waals surface area contributed by atoms with E-state index in [4.69, 9.17) is 0 Å². The zero-order valence-electron chi connectivity index (χ0n) is 8.66. The first kappa shape index (κ1) is 13.1. The number of aryl methyl sites for hydroxylation is 1. The molecule has 0 aliphatic carbocycles. The molecule has 0 aromatic heterocycles. The molecule has 1 rings (SSSR count). The molecule has 16 heavy (non-hydrogen) atoms. The number of benzene rings is 1. The molecule has 86 valence electrons. The van der Waals surface area contributed by atoms with Gasteiger partial charge in [-0.2, -0.15) is 13.2 Å². The summed E-state index contributed by atoms with van der Waals surface area (Å²) in [5, 5.41) is 0.764. The third-order valence-corrected chi connectivity index (χ3v) is 2.39. The number of halogens is 4. The van der Waals surface area contributed by atoms with E-state index in [0.29, 0.717) is 17.5 Å². The van der Waals surface area contributed by atoms with Crippen molar-refractivity contribution < 1.29 is 13.2 Å². The van der Waals surface area contributed by atoms with Crippen molar-refractivity contribution in [1.82, 2.24) is 0 Å². The van der Waals surface area contributed by atoms with Gasteiger partial charge in [0.2, 0.25) is 0 Å². The molecule has 0 saturated carbocycles. The van der Waals surface area contributed by atoms with Crippen molar-refractivity contribution in [3.8, 4) is 11.8 Å². The van der Waals surface area contributed by atoms with Crippen LogP contribution in [0, 0.1) is 18.8 Å². The smallest absolute Gasteiger partial charge is 0.166 e. The summed E-state index contributed by atoms with van der Waals surface area (Å²) in [6.07, 6.45) is -3.60. The van der Waals surface area contributed by atoms with E-state index in [-0.39, 0.29) is 0 Å². The summed E-state index contributed by atoms with van der Waals surface area (Å²) >= 11 is 3.23. The molecule has 0 nitrogen and oxygen atoms in total. The van der Waals surface area contributed by atoms with Crippen molar-refractivity contribution >= 4 is 15.9 Å². The van der Waals surface area contributed by atoms with Gasteiger partial charge in [-0.1, -0.05) is 27.8 Å². The molecule has 1 aromatic rings. The Bertz CT molecular complexity index is 424. The van der Waals surface area contributed by atoms with Gasteiger partial charge in [0.15, 0.2) is 0 Å². The normalized spacial score (nSPS) is 10.8. The molecule has 0 atom stereocenters. The molecular weight excluding hydrogens is 281 g/mol. The molecule has 0 radical (unpaired) electrons. The molecule has 0 N–H and O–H groups in total. The second kappa shape index (κ2) is 5.40. The Labute approximate surface area is 101 Å². The van der Waals surface area contributed by atoms with Crippen LogP contribution >= 0.6 is 15.9 Å². The number of alkyl halides is 4. The van der Waals surface area contributed by atoms with Crippen LogP contribution in [0.5, 0.6) is 0 Å². The summed E-state index contributed by atoms with van der Waals surface area (Å²) in [4.78, 5) is 0. The maximum absolute atomic E-state index is 12.4. The minimum atomic E-state index is -4.29. The molecule has 1 aromatic carbocycles. The fourth-order valence-electron chi connectivity index (χ4n) is 1.19. The number of hydrogen-bond donors (Lipinski definition) is 0. The summed E-state index contributed by atoms with van der Waals surface area (Å²) in [6, 6.07) is 3.60. The Balaban J connectivity index is 2.98. The molecule has 4 heteroatoms. The van der Waals surface area contributed by atoms with Gasteiger partial charge >= 0.3 is 6.18 Å². The largest absolute Gasteiger partial charge is 0.416 e. The second-order valence-corrected chi connectivity index (χ2v) is 4.06. The first-order valence-electron chi connectivity index (χ1n) is 4.68. The molecule has 0 saturated heterocycles. The molecule has 0 spiro atoms. The van der Waals surface area contributed by atoms with E-state index < -0.39 is 11.7 Å². The monoisotopic (exact) mass is 290 g/mol. The highest BCUT2D eigenvalue weighted by Crippen LogP contribution is 2.30. The van der Waals surface area contributed by atoms with Crippen LogP contribution in [0.25, 0.3) is 0 Å². The third-order valence-electron chi connectivity index (χ3n) is 2.00. The fraction of sp³-hybridized carbons (Fsp3) is 0.333. The first-order chi connectivity index (χ1) is 7.45. The topological polar surface area (TPSA) is 0 Å². The van der Waals surface area contributed by atoms with E-state index in [1.165, 1.54) is 6.07 Å². The Morgan fingerprint density at radius 3 is 2.50 bits per heavy atom. The van der Waals surface area contributed by atoms with E-state index in [1.807, 2.05) is 0 Å². The number of rotatable bonds is 1. The van der Waals surface area contributed by atoms with Gasteiger partial charge in [0, 0.05) is 17.3 Å². The minimum absolute atomic E-state index is 0.553. The van der Waals surface area contributed by atoms with Gasteiger partial charge in [-0.15, -0.1) is 0 Å². The van der Waals surface area contributed by atoms with E-state index in [0.717, 1.165) is 17.5 Å². The van der Waals surface area contributed by atoms with Crippen molar-refractivity contribution in [1.29, 1.82) is 0 Å². The molecule has 0 bridgehead atoms. The van der Waals surface area contributed by atoms with Crippen LogP contribution in [-0.4, -0.2) is 5.33 Å². The van der Waals surface area contributed by atoms with Gasteiger partial charge in [0.25, 0.3) is 0 Å². The summed E-state index contributed by atoms with van der Waals surface area (Å²) in [7, 11) is 0. The van der Waals surface area contributed by atoms with Crippen molar-refractivity contribution in [2.24, 2.45) is 0 Å². The lowest BCUT2D eigenvalue weighted by Crippen LogP contribution is -2.05. The van der Waals surface area contributed by atoms with Gasteiger partial charge in [-0.05, 0) is 30.7 Å². The van der Waals surface area contributed by atoms with Crippen molar-refractivity contribution in [2.75, 3.05) is 5.33 Å². The van der Waals surface area contributed by atoms with Crippen molar-refractivity contribution in [3.05, 3.63) is 34.9 Å². The molecule has 0 fully saturated rings. The molecule has 0 aliphatic rings. The Morgan fingerprint density at radius 1 is 1.31 bits per heavy atom. The second-order valence-electron chi connectivity index (χ2n) is 3.27. The maximum Gasteiger partial charge on any atom is 0.416 e. The lowest BCUT2D eigenvalue weighted by molar-refractivity contribution is -0.137. The standard InChI is InChI=1S/C12H10BrF3/c1-9-8-11(12(14,15)16)6-5-10(9)4-2-3-7-13/h5-6,8H,3,7H2,1H3. The van der Waals surface area contributed by atoms with E-state index in [1.54, 1.807) is 6.92 Å². The molecular formula is C12H10BrF3. The molecule has 0 heterocycles. The lowest BCUT2D eigenvalue weighted by atomic mass is 10.1. The van der Waals surface area contributed by atoms with Gasteiger partial charge in [0.1, 0.15) is 0 Å². The lowest BCUT2D eigenvalue weighted by Gasteiger charge is -2.07. The van der Waals surface area contributed by atoms with Crippen molar-refractivity contribution in [2.45, 2.75) is 19.5 Å². The average Bonchev–Trinajstić information content (AvgIpc) is 2.19. The number of hydrogen-bond acceptors (Lipinski definition) is 0. The van der Waals surface area contributed by atoms with Gasteiger partial charge < -0.3 is 0 Å². The minimum Gasteiger partial charge on any atom is -0.166 e. The van der Waals surface area contributed by atoms with E-state index >= 15 is 0 Å². The summed E-state index contributed by atoms with van der Waals surface area (Å²) in [5.41, 5.74) is 0.571. The van der Waals surface area contributed by atoms with E-state index in [9.17, 15) is 13.2 Å². The zero-order valence-corrected chi connectivity index (χ0v) is 10.2. The van der Waals surface area contributed by atoms with Crippen molar-refractivity contribution in [3.63, 3.8) is 0 Å². The predicted octanol–water partition coefficient (Wildman–Crippen LogP) is 4.15. The zero-order chi connectivity index (χ0) is 12.2.